The van der Waals surface area contributed by atoms with Crippen molar-refractivity contribution in [3.8, 4) is 0 Å². The van der Waals surface area contributed by atoms with Crippen LogP contribution in [-0.2, 0) is 15.0 Å². The molecule has 0 radical (unpaired) electrons. The first-order valence-electron chi connectivity index (χ1n) is 7.66. The molecular weight excluding hydrogens is 338 g/mol. The third-order valence-corrected chi connectivity index (χ3v) is 5.97. The maximum atomic E-state index is 12.5. The number of nitrogens with zero attached hydrogens (tertiary/aromatic N) is 2. The SMILES string of the molecule is CN(CC(=O)Nc1ccc(Cl)cc1)S(=O)(=O)N1CCCCCC1. The van der Waals surface area contributed by atoms with Crippen LogP contribution in [-0.4, -0.2) is 49.6 Å². The van der Waals surface area contributed by atoms with Crippen LogP contribution in [0.15, 0.2) is 24.3 Å². The highest BCUT2D eigenvalue weighted by Crippen LogP contribution is 2.16. The summed E-state index contributed by atoms with van der Waals surface area (Å²) >= 11 is 5.79. The van der Waals surface area contributed by atoms with Gasteiger partial charge in [0.25, 0.3) is 10.2 Å². The van der Waals surface area contributed by atoms with Gasteiger partial charge in [-0.15, -0.1) is 0 Å². The Morgan fingerprint density at radius 2 is 1.74 bits per heavy atom. The van der Waals surface area contributed by atoms with Crippen LogP contribution in [0.25, 0.3) is 0 Å². The second-order valence-electron chi connectivity index (χ2n) is 5.63. The van der Waals surface area contributed by atoms with E-state index in [0.717, 1.165) is 30.0 Å². The number of halogens is 1. The predicted octanol–water partition coefficient (Wildman–Crippen LogP) is 2.33. The summed E-state index contributed by atoms with van der Waals surface area (Å²) in [4.78, 5) is 12.0. The van der Waals surface area contributed by atoms with Crippen molar-refractivity contribution < 1.29 is 13.2 Å². The molecule has 1 heterocycles. The first-order chi connectivity index (χ1) is 10.9. The van der Waals surface area contributed by atoms with E-state index in [9.17, 15) is 13.2 Å². The zero-order valence-electron chi connectivity index (χ0n) is 13.2. The molecular formula is C15H22ClN3O3S. The molecule has 0 saturated carbocycles. The van der Waals surface area contributed by atoms with Crippen LogP contribution in [0.4, 0.5) is 5.69 Å². The zero-order valence-corrected chi connectivity index (χ0v) is 14.7. The van der Waals surface area contributed by atoms with E-state index < -0.39 is 10.2 Å². The van der Waals surface area contributed by atoms with Gasteiger partial charge in [0.1, 0.15) is 0 Å². The standard InChI is InChI=1S/C15H22ClN3O3S/c1-18(23(21,22)19-10-4-2-3-5-11-19)12-15(20)17-14-8-6-13(16)7-9-14/h6-9H,2-5,10-12H2,1H3,(H,17,20). The van der Waals surface area contributed by atoms with E-state index in [1.54, 1.807) is 24.3 Å². The van der Waals surface area contributed by atoms with Crippen LogP contribution in [0.3, 0.4) is 0 Å². The molecule has 0 aliphatic carbocycles. The summed E-state index contributed by atoms with van der Waals surface area (Å²) in [5.41, 5.74) is 0.583. The molecule has 1 aliphatic rings. The quantitative estimate of drug-likeness (QED) is 0.877. The number of anilines is 1. The van der Waals surface area contributed by atoms with Crippen molar-refractivity contribution in [1.82, 2.24) is 8.61 Å². The summed E-state index contributed by atoms with van der Waals surface area (Å²) in [7, 11) is -2.16. The minimum atomic E-state index is -3.59. The monoisotopic (exact) mass is 359 g/mol. The van der Waals surface area contributed by atoms with E-state index >= 15 is 0 Å². The van der Waals surface area contributed by atoms with Crippen molar-refractivity contribution in [3.63, 3.8) is 0 Å². The normalized spacial score (nSPS) is 17.0. The molecule has 0 atom stereocenters. The second-order valence-corrected chi connectivity index (χ2v) is 8.10. The number of amides is 1. The molecule has 1 N–H and O–H groups in total. The van der Waals surface area contributed by atoms with Gasteiger partial charge in [0, 0.05) is 30.8 Å². The molecule has 6 nitrogen and oxygen atoms in total. The number of nitrogens with one attached hydrogen (secondary N) is 1. The van der Waals surface area contributed by atoms with Crippen LogP contribution in [0.1, 0.15) is 25.7 Å². The van der Waals surface area contributed by atoms with Gasteiger partial charge in [-0.1, -0.05) is 24.4 Å². The Bertz CT molecular complexity index is 626. The summed E-state index contributed by atoms with van der Waals surface area (Å²) in [6.45, 7) is 0.818. The third-order valence-electron chi connectivity index (χ3n) is 3.78. The maximum Gasteiger partial charge on any atom is 0.282 e. The lowest BCUT2D eigenvalue weighted by atomic mass is 10.2. The molecule has 23 heavy (non-hydrogen) atoms. The molecule has 0 unspecified atom stereocenters. The molecule has 128 valence electrons. The Hall–Kier alpha value is -1.15. The van der Waals surface area contributed by atoms with Crippen LogP contribution in [0.5, 0.6) is 0 Å². The van der Waals surface area contributed by atoms with E-state index in [4.69, 9.17) is 11.6 Å². The molecule has 0 aromatic heterocycles. The van der Waals surface area contributed by atoms with Crippen LogP contribution >= 0.6 is 11.6 Å². The molecule has 1 fully saturated rings. The number of carbonyl (C=O) groups excluding carboxylic acids is 1. The summed E-state index contributed by atoms with van der Waals surface area (Å²) in [6, 6.07) is 6.66. The summed E-state index contributed by atoms with van der Waals surface area (Å²) in [6.07, 6.45) is 3.83. The minimum Gasteiger partial charge on any atom is -0.325 e. The fraction of sp³-hybridized carbons (Fsp3) is 0.533. The Morgan fingerprint density at radius 3 is 2.30 bits per heavy atom. The second kappa shape index (κ2) is 8.10. The molecule has 1 aromatic rings. The number of likely N-dealkylation sites (N-methyl/N-ethyl adjacent to an activating group) is 1. The Labute approximate surface area is 142 Å². The van der Waals surface area contributed by atoms with Gasteiger partial charge in [-0.05, 0) is 37.1 Å². The first kappa shape index (κ1) is 18.2. The van der Waals surface area contributed by atoms with E-state index in [1.165, 1.54) is 11.4 Å². The average molecular weight is 360 g/mol. The number of benzene rings is 1. The smallest absolute Gasteiger partial charge is 0.282 e. The molecule has 8 heteroatoms. The molecule has 0 bridgehead atoms. The summed E-state index contributed by atoms with van der Waals surface area (Å²) in [5.74, 6) is -0.381. The Morgan fingerprint density at radius 1 is 1.17 bits per heavy atom. The van der Waals surface area contributed by atoms with Crippen molar-refractivity contribution in [2.24, 2.45) is 0 Å². The molecule has 1 aromatic carbocycles. The average Bonchev–Trinajstić information content (AvgIpc) is 2.79. The van der Waals surface area contributed by atoms with Crippen molar-refractivity contribution >= 4 is 33.4 Å². The van der Waals surface area contributed by atoms with E-state index in [-0.39, 0.29) is 12.5 Å². The van der Waals surface area contributed by atoms with Crippen molar-refractivity contribution in [3.05, 3.63) is 29.3 Å². The molecule has 2 rings (SSSR count). The molecule has 1 saturated heterocycles. The number of carbonyl (C=O) groups is 1. The van der Waals surface area contributed by atoms with Crippen LogP contribution < -0.4 is 5.32 Å². The van der Waals surface area contributed by atoms with Crippen molar-refractivity contribution in [2.45, 2.75) is 25.7 Å². The topological polar surface area (TPSA) is 69.7 Å². The third kappa shape index (κ3) is 5.17. The fourth-order valence-electron chi connectivity index (χ4n) is 2.49. The maximum absolute atomic E-state index is 12.5. The number of hydrogen-bond donors (Lipinski definition) is 1. The van der Waals surface area contributed by atoms with Gasteiger partial charge >= 0.3 is 0 Å². The predicted molar refractivity (Wildman–Crippen MR) is 91.7 cm³/mol. The number of hydrogen-bond acceptors (Lipinski definition) is 3. The van der Waals surface area contributed by atoms with E-state index in [2.05, 4.69) is 5.32 Å². The summed E-state index contributed by atoms with van der Waals surface area (Å²) < 4.78 is 27.6. The van der Waals surface area contributed by atoms with Crippen LogP contribution in [0, 0.1) is 0 Å². The van der Waals surface area contributed by atoms with Gasteiger partial charge < -0.3 is 5.32 Å². The van der Waals surface area contributed by atoms with Crippen molar-refractivity contribution in [1.29, 1.82) is 0 Å². The highest BCUT2D eigenvalue weighted by Gasteiger charge is 2.28. The van der Waals surface area contributed by atoms with Gasteiger partial charge in [0.2, 0.25) is 5.91 Å². The van der Waals surface area contributed by atoms with Gasteiger partial charge in [-0.2, -0.15) is 17.0 Å². The lowest BCUT2D eigenvalue weighted by Crippen LogP contribution is -2.45. The first-order valence-corrected chi connectivity index (χ1v) is 9.44. The molecule has 1 amide bonds. The largest absolute Gasteiger partial charge is 0.325 e. The minimum absolute atomic E-state index is 0.221. The van der Waals surface area contributed by atoms with Gasteiger partial charge in [-0.25, -0.2) is 0 Å². The molecule has 0 spiro atoms. The van der Waals surface area contributed by atoms with Crippen LogP contribution in [0.2, 0.25) is 5.02 Å². The summed E-state index contributed by atoms with van der Waals surface area (Å²) in [5, 5.41) is 3.24. The van der Waals surface area contributed by atoms with Gasteiger partial charge in [-0.3, -0.25) is 4.79 Å². The number of rotatable bonds is 5. The molecule has 1 aliphatic heterocycles. The lowest BCUT2D eigenvalue weighted by molar-refractivity contribution is -0.116. The Kier molecular flexibility index (Phi) is 6.41. The van der Waals surface area contributed by atoms with E-state index in [0.29, 0.717) is 23.8 Å². The van der Waals surface area contributed by atoms with Gasteiger partial charge in [0.15, 0.2) is 0 Å². The highest BCUT2D eigenvalue weighted by molar-refractivity contribution is 7.86. The zero-order chi connectivity index (χ0) is 16.9. The highest BCUT2D eigenvalue weighted by atomic mass is 35.5. The van der Waals surface area contributed by atoms with Gasteiger partial charge in [0.05, 0.1) is 6.54 Å². The lowest BCUT2D eigenvalue weighted by Gasteiger charge is -2.26. The Balaban J connectivity index is 1.94. The van der Waals surface area contributed by atoms with E-state index in [1.807, 2.05) is 0 Å². The van der Waals surface area contributed by atoms with Crippen molar-refractivity contribution in [2.75, 3.05) is 32.0 Å². The fourth-order valence-corrected chi connectivity index (χ4v) is 4.01.